The average molecular weight is 705 g/mol. The molecular formula is C38H49N4O7P. The smallest absolute Gasteiger partial charge is 0.324 e. The molecule has 1 aliphatic heterocycles. The molecule has 2 unspecified atom stereocenters. The van der Waals surface area contributed by atoms with Crippen LogP contribution in [0.25, 0.3) is 0 Å². The fourth-order valence-electron chi connectivity index (χ4n) is 6.04. The third-order valence-electron chi connectivity index (χ3n) is 8.44. The summed E-state index contributed by atoms with van der Waals surface area (Å²) in [7, 11) is 1.56. The quantitative estimate of drug-likeness (QED) is 0.0860. The maximum atomic E-state index is 13.1. The first-order valence-corrected chi connectivity index (χ1v) is 18.0. The van der Waals surface area contributed by atoms with Gasteiger partial charge >= 0.3 is 6.03 Å². The predicted octanol–water partition coefficient (Wildman–Crippen LogP) is 6.86. The van der Waals surface area contributed by atoms with Crippen LogP contribution in [-0.2, 0) is 24.2 Å². The first kappa shape index (κ1) is 38.8. The van der Waals surface area contributed by atoms with Crippen LogP contribution in [0.3, 0.4) is 0 Å². The third kappa shape index (κ3) is 9.39. The molecule has 0 aromatic heterocycles. The molecule has 268 valence electrons. The minimum Gasteiger partial charge on any atom is -0.497 e. The second-order valence-corrected chi connectivity index (χ2v) is 14.1. The summed E-state index contributed by atoms with van der Waals surface area (Å²) in [5.74, 6) is 0.700. The standard InChI is InChI=1S/C38H49N4O7P/c1-27(2)42(28(3)4)50(48-23-11-22-39)49-35(25-41-24-29(5)36(43)40-37(41)44)26-47-38(30-12-9-8-10-13-30,31-14-18-33(45-6)19-15-31)32-16-20-34(46-7)21-17-32/h8-10,12-21,27-29,35H,11,23-26H2,1-7H3,(H,40,43,44)/t29?,35-,50?/m1/s1. The molecule has 4 rings (SSSR count). The van der Waals surface area contributed by atoms with Crippen LogP contribution < -0.4 is 14.8 Å². The highest BCUT2D eigenvalue weighted by Crippen LogP contribution is 2.48. The van der Waals surface area contributed by atoms with Crippen LogP contribution in [0.5, 0.6) is 11.5 Å². The van der Waals surface area contributed by atoms with E-state index in [1.54, 1.807) is 26.0 Å². The number of nitriles is 1. The normalized spacial score (nSPS) is 16.3. The number of carbonyl (C=O) groups excluding carboxylic acids is 2. The van der Waals surface area contributed by atoms with E-state index in [9.17, 15) is 14.9 Å². The zero-order valence-corrected chi connectivity index (χ0v) is 30.9. The molecule has 0 bridgehead atoms. The second kappa shape index (κ2) is 18.3. The Balaban J connectivity index is 1.83. The van der Waals surface area contributed by atoms with E-state index in [0.717, 1.165) is 16.7 Å². The third-order valence-corrected chi connectivity index (χ3v) is 10.6. The fourth-order valence-corrected chi connectivity index (χ4v) is 7.73. The summed E-state index contributed by atoms with van der Waals surface area (Å²) < 4.78 is 33.5. The lowest BCUT2D eigenvalue weighted by Crippen LogP contribution is -2.56. The van der Waals surface area contributed by atoms with E-state index in [1.165, 1.54) is 0 Å². The van der Waals surface area contributed by atoms with Gasteiger partial charge in [0.1, 0.15) is 23.2 Å². The Hall–Kier alpha value is -4.04. The van der Waals surface area contributed by atoms with Gasteiger partial charge in [0, 0.05) is 18.6 Å². The van der Waals surface area contributed by atoms with Crippen LogP contribution in [0.2, 0.25) is 0 Å². The minimum absolute atomic E-state index is 0.0313. The highest BCUT2D eigenvalue weighted by molar-refractivity contribution is 7.44. The van der Waals surface area contributed by atoms with Crippen molar-refractivity contribution in [3.63, 3.8) is 0 Å². The average Bonchev–Trinajstić information content (AvgIpc) is 3.11. The summed E-state index contributed by atoms with van der Waals surface area (Å²) >= 11 is 0. The van der Waals surface area contributed by atoms with Crippen LogP contribution in [0, 0.1) is 17.2 Å². The van der Waals surface area contributed by atoms with Gasteiger partial charge in [-0.2, -0.15) is 5.26 Å². The number of benzene rings is 3. The molecule has 1 fully saturated rings. The molecule has 0 saturated carbocycles. The number of amides is 3. The summed E-state index contributed by atoms with van der Waals surface area (Å²) in [4.78, 5) is 27.0. The lowest BCUT2D eigenvalue weighted by atomic mass is 9.80. The van der Waals surface area contributed by atoms with Gasteiger partial charge in [-0.05, 0) is 68.7 Å². The van der Waals surface area contributed by atoms with Crippen LogP contribution in [0.4, 0.5) is 4.79 Å². The summed E-state index contributed by atoms with van der Waals surface area (Å²) in [6.45, 7) is 10.6. The number of carbonyl (C=O) groups is 2. The zero-order valence-electron chi connectivity index (χ0n) is 30.0. The zero-order chi connectivity index (χ0) is 36.3. The van der Waals surface area contributed by atoms with Crippen molar-refractivity contribution in [2.45, 2.75) is 64.8 Å². The number of imide groups is 1. The van der Waals surface area contributed by atoms with Crippen LogP contribution in [0.15, 0.2) is 78.9 Å². The first-order chi connectivity index (χ1) is 24.0. The molecule has 1 saturated heterocycles. The van der Waals surface area contributed by atoms with Crippen molar-refractivity contribution in [3.05, 3.63) is 95.6 Å². The largest absolute Gasteiger partial charge is 0.497 e. The number of hydrogen-bond donors (Lipinski definition) is 1. The molecule has 12 heteroatoms. The van der Waals surface area contributed by atoms with E-state index in [0.29, 0.717) is 11.5 Å². The molecule has 3 aromatic carbocycles. The number of urea groups is 1. The van der Waals surface area contributed by atoms with Gasteiger partial charge < -0.3 is 28.2 Å². The molecule has 3 atom stereocenters. The van der Waals surface area contributed by atoms with Crippen molar-refractivity contribution in [1.29, 1.82) is 5.26 Å². The van der Waals surface area contributed by atoms with Gasteiger partial charge in [-0.3, -0.25) is 10.1 Å². The minimum atomic E-state index is -1.69. The van der Waals surface area contributed by atoms with Crippen molar-refractivity contribution >= 4 is 20.5 Å². The summed E-state index contributed by atoms with van der Waals surface area (Å²) in [5, 5.41) is 11.7. The Morgan fingerprint density at radius 2 is 1.44 bits per heavy atom. The SMILES string of the molecule is COc1ccc(C(OC[C@@H](CN2CC(C)C(=O)NC2=O)OP(OCCC#N)N(C(C)C)C(C)C)(c2ccccc2)c2ccc(OC)cc2)cc1. The Kier molecular flexibility index (Phi) is 14.2. The molecule has 50 heavy (non-hydrogen) atoms. The van der Waals surface area contributed by atoms with E-state index in [1.807, 2.05) is 78.9 Å². The Labute approximate surface area is 297 Å². The Morgan fingerprint density at radius 1 is 0.900 bits per heavy atom. The van der Waals surface area contributed by atoms with E-state index < -0.39 is 32.2 Å². The van der Waals surface area contributed by atoms with Crippen molar-refractivity contribution in [2.75, 3.05) is 40.5 Å². The number of nitrogens with zero attached hydrogens (tertiary/aromatic N) is 3. The molecule has 1 N–H and O–H groups in total. The monoisotopic (exact) mass is 704 g/mol. The molecule has 0 aliphatic carbocycles. The Morgan fingerprint density at radius 3 is 1.94 bits per heavy atom. The number of ether oxygens (including phenoxy) is 3. The first-order valence-electron chi connectivity index (χ1n) is 16.9. The highest BCUT2D eigenvalue weighted by atomic mass is 31.2. The maximum absolute atomic E-state index is 13.1. The topological polar surface area (TPSA) is 123 Å². The van der Waals surface area contributed by atoms with Crippen molar-refractivity contribution < 1.29 is 32.8 Å². The van der Waals surface area contributed by atoms with Gasteiger partial charge in [0.05, 0.1) is 52.4 Å². The molecule has 3 aromatic rings. The lowest BCUT2D eigenvalue weighted by Gasteiger charge is -2.41. The van der Waals surface area contributed by atoms with Crippen LogP contribution in [-0.4, -0.2) is 80.2 Å². The van der Waals surface area contributed by atoms with E-state index in [2.05, 4.69) is 43.8 Å². The predicted molar refractivity (Wildman–Crippen MR) is 193 cm³/mol. The summed E-state index contributed by atoms with van der Waals surface area (Å²) in [5.41, 5.74) is 1.45. The van der Waals surface area contributed by atoms with Gasteiger partial charge in [-0.25, -0.2) is 9.46 Å². The summed E-state index contributed by atoms with van der Waals surface area (Å²) in [6, 6.07) is 27.2. The van der Waals surface area contributed by atoms with Crippen molar-refractivity contribution in [2.24, 2.45) is 5.92 Å². The number of hydrogen-bond acceptors (Lipinski definition) is 9. The van der Waals surface area contributed by atoms with Gasteiger partial charge in [-0.15, -0.1) is 0 Å². The van der Waals surface area contributed by atoms with Crippen molar-refractivity contribution in [3.8, 4) is 17.6 Å². The fraction of sp³-hybridized carbons (Fsp3) is 0.447. The lowest BCUT2D eigenvalue weighted by molar-refractivity contribution is -0.125. The van der Waals surface area contributed by atoms with Crippen LogP contribution >= 0.6 is 8.53 Å². The van der Waals surface area contributed by atoms with Gasteiger partial charge in [0.15, 0.2) is 0 Å². The van der Waals surface area contributed by atoms with Gasteiger partial charge in [0.2, 0.25) is 5.91 Å². The molecule has 3 amide bonds. The molecule has 1 aliphatic rings. The van der Waals surface area contributed by atoms with E-state index >= 15 is 0 Å². The number of nitrogens with one attached hydrogen (secondary N) is 1. The summed E-state index contributed by atoms with van der Waals surface area (Å²) in [6.07, 6.45) is -0.498. The van der Waals surface area contributed by atoms with Gasteiger partial charge in [0.25, 0.3) is 8.53 Å². The van der Waals surface area contributed by atoms with Crippen LogP contribution in [0.1, 0.15) is 57.7 Å². The highest BCUT2D eigenvalue weighted by Gasteiger charge is 2.41. The molecule has 11 nitrogen and oxygen atoms in total. The number of rotatable bonds is 18. The van der Waals surface area contributed by atoms with Crippen molar-refractivity contribution in [1.82, 2.24) is 14.9 Å². The number of methoxy groups -OCH3 is 2. The maximum Gasteiger partial charge on any atom is 0.324 e. The molecule has 0 spiro atoms. The molecule has 1 heterocycles. The van der Waals surface area contributed by atoms with E-state index in [-0.39, 0.29) is 50.7 Å². The molecule has 0 radical (unpaired) electrons. The molecular weight excluding hydrogens is 655 g/mol. The Bertz CT molecular complexity index is 1510. The van der Waals surface area contributed by atoms with Gasteiger partial charge in [-0.1, -0.05) is 61.5 Å². The second-order valence-electron chi connectivity index (χ2n) is 12.7. The van der Waals surface area contributed by atoms with E-state index in [4.69, 9.17) is 23.3 Å².